The lowest BCUT2D eigenvalue weighted by molar-refractivity contribution is 0.169. The summed E-state index contributed by atoms with van der Waals surface area (Å²) in [5.74, 6) is 0.370. The number of allylic oxidation sites excluding steroid dienone is 2. The maximum Gasteiger partial charge on any atom is 0.0201 e. The number of hydrogen-bond donors (Lipinski definition) is 0. The van der Waals surface area contributed by atoms with E-state index in [2.05, 4.69) is 111 Å². The lowest BCUT2D eigenvalue weighted by Crippen LogP contribution is -2.43. The third kappa shape index (κ3) is 2.96. The predicted molar refractivity (Wildman–Crippen MR) is 133 cm³/mol. The van der Waals surface area contributed by atoms with Crippen LogP contribution in [-0.2, 0) is 5.41 Å². The van der Waals surface area contributed by atoms with E-state index in [9.17, 15) is 0 Å². The molecular weight excluding hydrogens is 372 g/mol. The molecule has 31 heavy (non-hydrogen) atoms. The van der Waals surface area contributed by atoms with Gasteiger partial charge in [-0.3, -0.25) is 0 Å². The Kier molecular flexibility index (Phi) is 4.97. The number of benzene rings is 3. The van der Waals surface area contributed by atoms with Gasteiger partial charge in [-0.05, 0) is 58.1 Å². The van der Waals surface area contributed by atoms with Crippen LogP contribution in [0.1, 0.15) is 67.7 Å². The molecule has 0 amide bonds. The summed E-state index contributed by atoms with van der Waals surface area (Å²) in [5.41, 5.74) is 8.71. The molecule has 0 N–H and O–H groups in total. The van der Waals surface area contributed by atoms with Gasteiger partial charge in [-0.2, -0.15) is 0 Å². The Bertz CT molecular complexity index is 1100. The van der Waals surface area contributed by atoms with E-state index in [1.165, 1.54) is 52.6 Å². The number of hydrogen-bond acceptors (Lipinski definition) is 0. The SMILES string of the molecule is C=CCCCCC1(C(C)(C)C2c3ccccc3-c3ccccc32)C=Cc2ccccc21. The fourth-order valence-electron chi connectivity index (χ4n) is 6.36. The maximum absolute atomic E-state index is 3.93. The summed E-state index contributed by atoms with van der Waals surface area (Å²) in [6, 6.07) is 27.2. The van der Waals surface area contributed by atoms with Crippen molar-refractivity contribution in [2.75, 3.05) is 0 Å². The highest BCUT2D eigenvalue weighted by Gasteiger charge is 2.53. The van der Waals surface area contributed by atoms with E-state index in [0.717, 1.165) is 6.42 Å². The number of rotatable bonds is 7. The van der Waals surface area contributed by atoms with Crippen LogP contribution in [0.2, 0.25) is 0 Å². The first kappa shape index (κ1) is 20.1. The first-order chi connectivity index (χ1) is 15.1. The Balaban J connectivity index is 1.67. The van der Waals surface area contributed by atoms with E-state index in [0.29, 0.717) is 5.92 Å². The van der Waals surface area contributed by atoms with Gasteiger partial charge in [-0.1, -0.05) is 111 Å². The van der Waals surface area contributed by atoms with Crippen molar-refractivity contribution in [3.63, 3.8) is 0 Å². The third-order valence-corrected chi connectivity index (χ3v) is 7.92. The molecule has 0 spiro atoms. The molecule has 156 valence electrons. The Morgan fingerprint density at radius 3 is 2.13 bits per heavy atom. The Hall–Kier alpha value is -2.86. The second-order valence-electron chi connectivity index (χ2n) is 9.76. The van der Waals surface area contributed by atoms with Crippen LogP contribution in [0, 0.1) is 5.41 Å². The van der Waals surface area contributed by atoms with Gasteiger partial charge in [0.1, 0.15) is 0 Å². The highest BCUT2D eigenvalue weighted by Crippen LogP contribution is 2.62. The van der Waals surface area contributed by atoms with E-state index in [-0.39, 0.29) is 10.8 Å². The molecule has 2 aliphatic carbocycles. The van der Waals surface area contributed by atoms with E-state index in [1.807, 2.05) is 0 Å². The van der Waals surface area contributed by atoms with Crippen LogP contribution >= 0.6 is 0 Å². The largest absolute Gasteiger partial charge is 0.103 e. The lowest BCUT2D eigenvalue weighted by Gasteiger charge is -2.49. The van der Waals surface area contributed by atoms with Gasteiger partial charge in [0, 0.05) is 11.3 Å². The monoisotopic (exact) mass is 404 g/mol. The standard InChI is InChI=1S/C31H32/c1-4-5-6-13-21-31(22-20-23-14-7-12-19-28(23)31)30(2,3)29-26-17-10-8-15-24(26)25-16-9-11-18-27(25)29/h4,7-12,14-20,22,29H,1,5-6,13,21H2,2-3H3. The molecule has 3 aromatic rings. The van der Waals surface area contributed by atoms with E-state index in [1.54, 1.807) is 0 Å². The van der Waals surface area contributed by atoms with Gasteiger partial charge in [-0.25, -0.2) is 0 Å². The van der Waals surface area contributed by atoms with Gasteiger partial charge in [0.2, 0.25) is 0 Å². The minimum Gasteiger partial charge on any atom is -0.103 e. The van der Waals surface area contributed by atoms with Crippen molar-refractivity contribution in [1.82, 2.24) is 0 Å². The van der Waals surface area contributed by atoms with Crippen LogP contribution in [0.15, 0.2) is 91.5 Å². The first-order valence-corrected chi connectivity index (χ1v) is 11.7. The number of unbranched alkanes of at least 4 members (excludes halogenated alkanes) is 2. The molecule has 0 heterocycles. The van der Waals surface area contributed by atoms with Crippen LogP contribution in [-0.4, -0.2) is 0 Å². The van der Waals surface area contributed by atoms with Crippen LogP contribution in [0.4, 0.5) is 0 Å². The van der Waals surface area contributed by atoms with Crippen molar-refractivity contribution < 1.29 is 0 Å². The molecule has 0 nitrogen and oxygen atoms in total. The third-order valence-electron chi connectivity index (χ3n) is 7.92. The number of fused-ring (bicyclic) bond motifs is 4. The van der Waals surface area contributed by atoms with Gasteiger partial charge < -0.3 is 0 Å². The molecule has 5 rings (SSSR count). The normalized spacial score (nSPS) is 19.2. The zero-order chi connectivity index (χ0) is 21.5. The van der Waals surface area contributed by atoms with E-state index in [4.69, 9.17) is 0 Å². The molecule has 0 fully saturated rings. The lowest BCUT2D eigenvalue weighted by atomic mass is 9.54. The summed E-state index contributed by atoms with van der Waals surface area (Å²) in [5, 5.41) is 0. The van der Waals surface area contributed by atoms with Crippen molar-refractivity contribution in [2.45, 2.75) is 50.9 Å². The fraction of sp³-hybridized carbons (Fsp3) is 0.290. The van der Waals surface area contributed by atoms with E-state index < -0.39 is 0 Å². The molecule has 0 bridgehead atoms. The van der Waals surface area contributed by atoms with Crippen molar-refractivity contribution >= 4 is 6.08 Å². The Labute approximate surface area is 187 Å². The van der Waals surface area contributed by atoms with Crippen LogP contribution in [0.25, 0.3) is 17.2 Å². The molecule has 3 aromatic carbocycles. The molecule has 2 aliphatic rings. The summed E-state index contributed by atoms with van der Waals surface area (Å²) in [6.07, 6.45) is 11.6. The predicted octanol–water partition coefficient (Wildman–Crippen LogP) is 8.54. The summed E-state index contributed by atoms with van der Waals surface area (Å²) in [4.78, 5) is 0. The molecule has 0 aromatic heterocycles. The van der Waals surface area contributed by atoms with Crippen molar-refractivity contribution in [3.05, 3.63) is 114 Å². The molecule has 0 heteroatoms. The van der Waals surface area contributed by atoms with E-state index >= 15 is 0 Å². The quantitative estimate of drug-likeness (QED) is 0.273. The average molecular weight is 405 g/mol. The average Bonchev–Trinajstić information content (AvgIpc) is 3.34. The smallest absolute Gasteiger partial charge is 0.0201 e. The topological polar surface area (TPSA) is 0 Å². The highest BCUT2D eigenvalue weighted by atomic mass is 14.6. The molecular formula is C31H32. The van der Waals surface area contributed by atoms with Gasteiger partial charge in [0.15, 0.2) is 0 Å². The van der Waals surface area contributed by atoms with Crippen molar-refractivity contribution in [2.24, 2.45) is 5.41 Å². The molecule has 0 saturated carbocycles. The van der Waals surface area contributed by atoms with Crippen LogP contribution < -0.4 is 0 Å². The Morgan fingerprint density at radius 2 is 1.45 bits per heavy atom. The minimum atomic E-state index is 0.0139. The molecule has 1 atom stereocenters. The van der Waals surface area contributed by atoms with Crippen molar-refractivity contribution in [3.8, 4) is 11.1 Å². The molecule has 0 aliphatic heterocycles. The zero-order valence-corrected chi connectivity index (χ0v) is 18.8. The van der Waals surface area contributed by atoms with Gasteiger partial charge in [0.05, 0.1) is 0 Å². The molecule has 0 radical (unpaired) electrons. The summed E-state index contributed by atoms with van der Waals surface area (Å²) in [7, 11) is 0. The van der Waals surface area contributed by atoms with Crippen LogP contribution in [0.5, 0.6) is 0 Å². The molecule has 0 saturated heterocycles. The zero-order valence-electron chi connectivity index (χ0n) is 18.8. The Morgan fingerprint density at radius 1 is 0.839 bits per heavy atom. The molecule has 1 unspecified atom stereocenters. The minimum absolute atomic E-state index is 0.0139. The second kappa shape index (κ2) is 7.68. The van der Waals surface area contributed by atoms with Crippen LogP contribution in [0.3, 0.4) is 0 Å². The second-order valence-corrected chi connectivity index (χ2v) is 9.76. The maximum atomic E-state index is 3.93. The van der Waals surface area contributed by atoms with Gasteiger partial charge >= 0.3 is 0 Å². The fourth-order valence-corrected chi connectivity index (χ4v) is 6.36. The first-order valence-electron chi connectivity index (χ1n) is 11.7. The van der Waals surface area contributed by atoms with Gasteiger partial charge in [-0.15, -0.1) is 6.58 Å². The van der Waals surface area contributed by atoms with Gasteiger partial charge in [0.25, 0.3) is 0 Å². The summed E-state index contributed by atoms with van der Waals surface area (Å²) < 4.78 is 0. The summed E-state index contributed by atoms with van der Waals surface area (Å²) >= 11 is 0. The van der Waals surface area contributed by atoms with Crippen molar-refractivity contribution in [1.29, 1.82) is 0 Å². The highest BCUT2D eigenvalue weighted by molar-refractivity contribution is 5.80. The summed E-state index contributed by atoms with van der Waals surface area (Å²) in [6.45, 7) is 8.95.